The first-order valence-electron chi connectivity index (χ1n) is 6.00. The van der Waals surface area contributed by atoms with Crippen LogP contribution in [0.5, 0.6) is 0 Å². The minimum absolute atomic E-state index is 0.111. The summed E-state index contributed by atoms with van der Waals surface area (Å²) in [5, 5.41) is 5.20. The molecule has 2 aromatic carbocycles. The Morgan fingerprint density at radius 2 is 1.90 bits per heavy atom. The van der Waals surface area contributed by atoms with Gasteiger partial charge in [-0.3, -0.25) is 0 Å². The summed E-state index contributed by atoms with van der Waals surface area (Å²) in [7, 11) is 0. The average molecular weight is 309 g/mol. The minimum atomic E-state index is -0.847. The third-order valence-corrected chi connectivity index (χ3v) is 2.91. The lowest BCUT2D eigenvalue weighted by Gasteiger charge is -2.05. The highest BCUT2D eigenvalue weighted by Gasteiger charge is 2.06. The van der Waals surface area contributed by atoms with Crippen molar-refractivity contribution in [3.05, 3.63) is 70.9 Å². The molecule has 6 heteroatoms. The molecule has 0 spiro atoms. The van der Waals surface area contributed by atoms with Crippen molar-refractivity contribution in [3.8, 4) is 0 Å². The summed E-state index contributed by atoms with van der Waals surface area (Å²) in [5.41, 5.74) is 0.618. The van der Waals surface area contributed by atoms with Gasteiger partial charge in [-0.2, -0.15) is 0 Å². The van der Waals surface area contributed by atoms with Crippen LogP contribution >= 0.6 is 11.6 Å². The molecule has 2 aromatic rings. The molecule has 0 heterocycles. The van der Waals surface area contributed by atoms with Crippen molar-refractivity contribution in [2.24, 2.45) is 0 Å². The topological polar surface area (TPSA) is 41.1 Å². The lowest BCUT2D eigenvalue weighted by molar-refractivity contribution is 0.255. The average Bonchev–Trinajstić information content (AvgIpc) is 2.44. The van der Waals surface area contributed by atoms with Crippen molar-refractivity contribution in [2.75, 3.05) is 5.32 Å². The standard InChI is InChI=1S/C15H11ClF2N2O/c16-12-4-2-1-3-10(12)7-8-19-15(21)20-14-6-5-11(17)9-13(14)18/h1-9H,(H2,19,20,21)/b8-7+. The highest BCUT2D eigenvalue weighted by molar-refractivity contribution is 6.32. The van der Waals surface area contributed by atoms with Crippen molar-refractivity contribution in [3.63, 3.8) is 0 Å². The van der Waals surface area contributed by atoms with Crippen LogP contribution < -0.4 is 10.6 Å². The number of rotatable bonds is 3. The summed E-state index contributed by atoms with van der Waals surface area (Å²) in [6.45, 7) is 0. The zero-order chi connectivity index (χ0) is 15.2. The second kappa shape index (κ2) is 6.85. The van der Waals surface area contributed by atoms with E-state index < -0.39 is 17.7 Å². The fourth-order valence-corrected chi connectivity index (χ4v) is 1.77. The number of amides is 2. The van der Waals surface area contributed by atoms with Crippen LogP contribution in [-0.2, 0) is 0 Å². The van der Waals surface area contributed by atoms with Gasteiger partial charge in [0.15, 0.2) is 0 Å². The van der Waals surface area contributed by atoms with Gasteiger partial charge in [-0.25, -0.2) is 13.6 Å². The number of hydrogen-bond donors (Lipinski definition) is 2. The van der Waals surface area contributed by atoms with E-state index in [1.54, 1.807) is 30.3 Å². The van der Waals surface area contributed by atoms with Crippen molar-refractivity contribution in [1.29, 1.82) is 0 Å². The molecule has 0 saturated carbocycles. The maximum absolute atomic E-state index is 13.3. The lowest BCUT2D eigenvalue weighted by atomic mass is 10.2. The number of carbonyl (C=O) groups excluding carboxylic acids is 1. The van der Waals surface area contributed by atoms with Crippen LogP contribution in [0.2, 0.25) is 5.02 Å². The van der Waals surface area contributed by atoms with Gasteiger partial charge in [-0.15, -0.1) is 0 Å². The predicted molar refractivity (Wildman–Crippen MR) is 79.0 cm³/mol. The van der Waals surface area contributed by atoms with E-state index in [0.717, 1.165) is 17.7 Å². The van der Waals surface area contributed by atoms with Gasteiger partial charge in [0.05, 0.1) is 5.69 Å². The summed E-state index contributed by atoms with van der Waals surface area (Å²) >= 11 is 5.94. The molecule has 2 amide bonds. The molecule has 21 heavy (non-hydrogen) atoms. The molecule has 0 atom stereocenters. The molecule has 0 bridgehead atoms. The Hall–Kier alpha value is -2.40. The molecule has 0 unspecified atom stereocenters. The van der Waals surface area contributed by atoms with Crippen LogP contribution in [0.4, 0.5) is 19.3 Å². The van der Waals surface area contributed by atoms with Crippen LogP contribution in [0.15, 0.2) is 48.7 Å². The van der Waals surface area contributed by atoms with Crippen molar-refractivity contribution in [2.45, 2.75) is 0 Å². The molecule has 3 nitrogen and oxygen atoms in total. The number of halogens is 3. The maximum Gasteiger partial charge on any atom is 0.323 e. The second-order valence-corrected chi connectivity index (χ2v) is 4.48. The Morgan fingerprint density at radius 1 is 1.14 bits per heavy atom. The summed E-state index contributed by atoms with van der Waals surface area (Å²) in [5.74, 6) is -1.56. The number of carbonyl (C=O) groups is 1. The third-order valence-electron chi connectivity index (χ3n) is 2.56. The number of benzene rings is 2. The fourth-order valence-electron chi connectivity index (χ4n) is 1.57. The van der Waals surface area contributed by atoms with E-state index in [4.69, 9.17) is 11.6 Å². The Balaban J connectivity index is 1.95. The minimum Gasteiger partial charge on any atom is -0.314 e. The van der Waals surface area contributed by atoms with Crippen LogP contribution in [0, 0.1) is 11.6 Å². The first-order chi connectivity index (χ1) is 10.1. The van der Waals surface area contributed by atoms with Gasteiger partial charge >= 0.3 is 6.03 Å². The molecule has 2 N–H and O–H groups in total. The second-order valence-electron chi connectivity index (χ2n) is 4.08. The quantitative estimate of drug-likeness (QED) is 0.866. The van der Waals surface area contributed by atoms with Gasteiger partial charge in [0, 0.05) is 17.3 Å². The van der Waals surface area contributed by atoms with Crippen molar-refractivity contribution < 1.29 is 13.6 Å². The van der Waals surface area contributed by atoms with E-state index in [0.29, 0.717) is 11.1 Å². The molecule has 0 aromatic heterocycles. The monoisotopic (exact) mass is 308 g/mol. The Bertz CT molecular complexity index is 689. The number of nitrogens with one attached hydrogen (secondary N) is 2. The molecule has 0 aliphatic heterocycles. The van der Waals surface area contributed by atoms with Gasteiger partial charge in [-0.05, 0) is 29.8 Å². The van der Waals surface area contributed by atoms with Crippen molar-refractivity contribution in [1.82, 2.24) is 5.32 Å². The van der Waals surface area contributed by atoms with E-state index in [1.165, 1.54) is 6.20 Å². The number of hydrogen-bond acceptors (Lipinski definition) is 1. The molecule has 108 valence electrons. The van der Waals surface area contributed by atoms with E-state index >= 15 is 0 Å². The van der Waals surface area contributed by atoms with Gasteiger partial charge in [-0.1, -0.05) is 29.8 Å². The largest absolute Gasteiger partial charge is 0.323 e. The van der Waals surface area contributed by atoms with Gasteiger partial charge in [0.25, 0.3) is 0 Å². The molecule has 0 fully saturated rings. The summed E-state index contributed by atoms with van der Waals surface area (Å²) in [6.07, 6.45) is 2.97. The van der Waals surface area contributed by atoms with E-state index in [2.05, 4.69) is 10.6 Å². The first kappa shape index (κ1) is 15.0. The molecular weight excluding hydrogens is 298 g/mol. The fraction of sp³-hybridized carbons (Fsp3) is 0. The molecular formula is C15H11ClF2N2O. The Morgan fingerprint density at radius 3 is 2.62 bits per heavy atom. The van der Waals surface area contributed by atoms with Crippen molar-refractivity contribution >= 4 is 29.4 Å². The third kappa shape index (κ3) is 4.29. The van der Waals surface area contributed by atoms with Crippen LogP contribution in [0.3, 0.4) is 0 Å². The maximum atomic E-state index is 13.3. The van der Waals surface area contributed by atoms with E-state index in [-0.39, 0.29) is 5.69 Å². The molecule has 0 aliphatic carbocycles. The molecule has 0 aliphatic rings. The smallest absolute Gasteiger partial charge is 0.314 e. The SMILES string of the molecule is O=C(N/C=C/c1ccccc1Cl)Nc1ccc(F)cc1F. The van der Waals surface area contributed by atoms with Crippen LogP contribution in [0.25, 0.3) is 6.08 Å². The molecule has 0 radical (unpaired) electrons. The normalized spacial score (nSPS) is 10.6. The molecule has 2 rings (SSSR count). The van der Waals surface area contributed by atoms with Crippen LogP contribution in [0.1, 0.15) is 5.56 Å². The Kier molecular flexibility index (Phi) is 4.90. The first-order valence-corrected chi connectivity index (χ1v) is 6.38. The van der Waals surface area contributed by atoms with Gasteiger partial charge < -0.3 is 10.6 Å². The lowest BCUT2D eigenvalue weighted by Crippen LogP contribution is -2.24. The zero-order valence-corrected chi connectivity index (χ0v) is 11.5. The van der Waals surface area contributed by atoms with Crippen LogP contribution in [-0.4, -0.2) is 6.03 Å². The zero-order valence-electron chi connectivity index (χ0n) is 10.7. The number of urea groups is 1. The molecule has 0 saturated heterocycles. The highest BCUT2D eigenvalue weighted by atomic mass is 35.5. The highest BCUT2D eigenvalue weighted by Crippen LogP contribution is 2.16. The summed E-state index contributed by atoms with van der Waals surface area (Å²) in [6, 6.07) is 9.32. The van der Waals surface area contributed by atoms with E-state index in [1.807, 2.05) is 0 Å². The number of anilines is 1. The summed E-state index contributed by atoms with van der Waals surface area (Å²) in [4.78, 5) is 11.6. The predicted octanol–water partition coefficient (Wildman–Crippen LogP) is 4.41. The van der Waals surface area contributed by atoms with E-state index in [9.17, 15) is 13.6 Å². The Labute approximate surface area is 125 Å². The van der Waals surface area contributed by atoms with Gasteiger partial charge in [0.1, 0.15) is 11.6 Å². The summed E-state index contributed by atoms with van der Waals surface area (Å²) < 4.78 is 26.1. The van der Waals surface area contributed by atoms with Gasteiger partial charge in [0.2, 0.25) is 0 Å².